The molecule has 1 unspecified atom stereocenters. The summed E-state index contributed by atoms with van der Waals surface area (Å²) in [5.74, 6) is 0.886. The topological polar surface area (TPSA) is 23.5 Å². The highest BCUT2D eigenvalue weighted by Gasteiger charge is 2.30. The molecule has 0 radical (unpaired) electrons. The molecule has 2 fully saturated rings. The van der Waals surface area contributed by atoms with Gasteiger partial charge >= 0.3 is 0 Å². The van der Waals surface area contributed by atoms with Crippen LogP contribution >= 0.6 is 0 Å². The van der Waals surface area contributed by atoms with Gasteiger partial charge in [0.25, 0.3) is 0 Å². The van der Waals surface area contributed by atoms with Crippen molar-refractivity contribution in [3.8, 4) is 0 Å². The van der Waals surface area contributed by atoms with E-state index in [2.05, 4.69) is 25.7 Å². The van der Waals surface area contributed by atoms with Crippen LogP contribution in [-0.2, 0) is 0 Å². The van der Waals surface area contributed by atoms with Crippen LogP contribution in [0.3, 0.4) is 0 Å². The minimum Gasteiger partial charge on any atom is -0.393 e. The lowest BCUT2D eigenvalue weighted by Crippen LogP contribution is -2.39. The van der Waals surface area contributed by atoms with Crippen molar-refractivity contribution in [3.63, 3.8) is 0 Å². The summed E-state index contributed by atoms with van der Waals surface area (Å²) in [7, 11) is 0. The fraction of sp³-hybridized carbons (Fsp3) is 1.00. The number of hydrogen-bond acceptors (Lipinski definition) is 2. The molecule has 106 valence electrons. The maximum atomic E-state index is 9.61. The van der Waals surface area contributed by atoms with E-state index in [1.807, 2.05) is 0 Å². The Morgan fingerprint density at radius 3 is 2.17 bits per heavy atom. The average molecular weight is 253 g/mol. The number of likely N-dealkylation sites (tertiary alicyclic amines) is 1. The van der Waals surface area contributed by atoms with Gasteiger partial charge in [-0.3, -0.25) is 0 Å². The molecule has 2 nitrogen and oxygen atoms in total. The first kappa shape index (κ1) is 14.3. The molecule has 0 aromatic heterocycles. The first-order valence-corrected chi connectivity index (χ1v) is 7.89. The number of aliphatic hydroxyl groups excluding tert-OH is 1. The molecule has 1 heterocycles. The molecule has 1 saturated carbocycles. The van der Waals surface area contributed by atoms with Crippen molar-refractivity contribution in [2.45, 2.75) is 77.9 Å². The van der Waals surface area contributed by atoms with E-state index in [-0.39, 0.29) is 6.10 Å². The summed E-state index contributed by atoms with van der Waals surface area (Å²) < 4.78 is 0. The molecular formula is C16H31NO. The van der Waals surface area contributed by atoms with Crippen molar-refractivity contribution in [1.82, 2.24) is 4.90 Å². The molecule has 0 amide bonds. The zero-order valence-electron chi connectivity index (χ0n) is 12.5. The van der Waals surface area contributed by atoms with Crippen LogP contribution in [0.5, 0.6) is 0 Å². The van der Waals surface area contributed by atoms with Gasteiger partial charge in [0.1, 0.15) is 0 Å². The van der Waals surface area contributed by atoms with Crippen LogP contribution in [0, 0.1) is 11.3 Å². The van der Waals surface area contributed by atoms with E-state index < -0.39 is 0 Å². The largest absolute Gasteiger partial charge is 0.393 e. The molecule has 0 bridgehead atoms. The molecule has 0 aromatic rings. The third-order valence-corrected chi connectivity index (χ3v) is 5.17. The standard InChI is InChI=1S/C16H31NO/c1-16(2,3)13-5-4-11-17(12-10-13)14-6-8-15(18)9-7-14/h13-15,18H,4-12H2,1-3H3. The summed E-state index contributed by atoms with van der Waals surface area (Å²) in [4.78, 5) is 2.72. The second-order valence-electron chi connectivity index (χ2n) is 7.49. The second-order valence-corrected chi connectivity index (χ2v) is 7.49. The number of aliphatic hydroxyl groups is 1. The second kappa shape index (κ2) is 5.92. The molecule has 1 N–H and O–H groups in total. The number of rotatable bonds is 1. The van der Waals surface area contributed by atoms with Gasteiger partial charge in [-0.25, -0.2) is 0 Å². The van der Waals surface area contributed by atoms with Gasteiger partial charge in [0, 0.05) is 6.04 Å². The fourth-order valence-electron chi connectivity index (χ4n) is 3.77. The van der Waals surface area contributed by atoms with Gasteiger partial charge in [-0.15, -0.1) is 0 Å². The van der Waals surface area contributed by atoms with Gasteiger partial charge in [0.15, 0.2) is 0 Å². The highest BCUT2D eigenvalue weighted by Crippen LogP contribution is 2.35. The SMILES string of the molecule is CC(C)(C)C1CCCN(C2CCC(O)CC2)CC1. The predicted molar refractivity (Wildman–Crippen MR) is 76.6 cm³/mol. The molecular weight excluding hydrogens is 222 g/mol. The highest BCUT2D eigenvalue weighted by molar-refractivity contribution is 4.84. The first-order valence-electron chi connectivity index (χ1n) is 7.89. The van der Waals surface area contributed by atoms with Crippen LogP contribution in [0.4, 0.5) is 0 Å². The molecule has 1 aliphatic carbocycles. The minimum absolute atomic E-state index is 0.0180. The van der Waals surface area contributed by atoms with E-state index in [0.29, 0.717) is 5.41 Å². The molecule has 0 aromatic carbocycles. The Morgan fingerprint density at radius 1 is 0.889 bits per heavy atom. The Hall–Kier alpha value is -0.0800. The van der Waals surface area contributed by atoms with E-state index in [0.717, 1.165) is 24.8 Å². The lowest BCUT2D eigenvalue weighted by molar-refractivity contribution is 0.0737. The van der Waals surface area contributed by atoms with Gasteiger partial charge in [0.05, 0.1) is 6.10 Å². The van der Waals surface area contributed by atoms with Gasteiger partial charge < -0.3 is 10.0 Å². The lowest BCUT2D eigenvalue weighted by Gasteiger charge is -2.35. The molecule has 18 heavy (non-hydrogen) atoms. The monoisotopic (exact) mass is 253 g/mol. The summed E-state index contributed by atoms with van der Waals surface area (Å²) in [6.45, 7) is 9.74. The van der Waals surface area contributed by atoms with E-state index in [4.69, 9.17) is 0 Å². The first-order chi connectivity index (χ1) is 8.47. The van der Waals surface area contributed by atoms with Gasteiger partial charge in [0.2, 0.25) is 0 Å². The van der Waals surface area contributed by atoms with Crippen LogP contribution in [0.2, 0.25) is 0 Å². The van der Waals surface area contributed by atoms with E-state index in [1.54, 1.807) is 0 Å². The quantitative estimate of drug-likeness (QED) is 0.774. The van der Waals surface area contributed by atoms with Gasteiger partial charge in [-0.05, 0) is 69.4 Å². The summed E-state index contributed by atoms with van der Waals surface area (Å²) in [6, 6.07) is 0.757. The Labute approximate surface area is 113 Å². The van der Waals surface area contributed by atoms with E-state index in [9.17, 15) is 5.11 Å². The van der Waals surface area contributed by atoms with Crippen LogP contribution in [-0.4, -0.2) is 35.2 Å². The van der Waals surface area contributed by atoms with E-state index >= 15 is 0 Å². The maximum absolute atomic E-state index is 9.61. The normalized spacial score (nSPS) is 36.3. The van der Waals surface area contributed by atoms with Crippen LogP contribution in [0.25, 0.3) is 0 Å². The van der Waals surface area contributed by atoms with Crippen molar-refractivity contribution in [2.75, 3.05) is 13.1 Å². The zero-order chi connectivity index (χ0) is 13.2. The average Bonchev–Trinajstić information content (AvgIpc) is 2.55. The molecule has 1 aliphatic heterocycles. The zero-order valence-corrected chi connectivity index (χ0v) is 12.5. The van der Waals surface area contributed by atoms with Crippen LogP contribution in [0.15, 0.2) is 0 Å². The van der Waals surface area contributed by atoms with Crippen molar-refractivity contribution >= 4 is 0 Å². The molecule has 2 rings (SSSR count). The smallest absolute Gasteiger partial charge is 0.0541 e. The summed E-state index contributed by atoms with van der Waals surface area (Å²) in [5.41, 5.74) is 0.471. The molecule has 0 spiro atoms. The molecule has 2 heteroatoms. The third-order valence-electron chi connectivity index (χ3n) is 5.17. The Bertz CT molecular complexity index is 250. The number of nitrogens with zero attached hydrogens (tertiary/aromatic N) is 1. The Balaban J connectivity index is 1.85. The Morgan fingerprint density at radius 2 is 1.56 bits per heavy atom. The summed E-state index contributed by atoms with van der Waals surface area (Å²) in [5, 5.41) is 9.61. The highest BCUT2D eigenvalue weighted by atomic mass is 16.3. The van der Waals surface area contributed by atoms with Gasteiger partial charge in [-0.1, -0.05) is 20.8 Å². The maximum Gasteiger partial charge on any atom is 0.0541 e. The minimum atomic E-state index is -0.0180. The van der Waals surface area contributed by atoms with Crippen molar-refractivity contribution in [3.05, 3.63) is 0 Å². The molecule has 1 atom stereocenters. The predicted octanol–water partition coefficient (Wildman–Crippen LogP) is 3.44. The van der Waals surface area contributed by atoms with Crippen molar-refractivity contribution < 1.29 is 5.11 Å². The lowest BCUT2D eigenvalue weighted by atomic mass is 9.77. The Kier molecular flexibility index (Phi) is 4.71. The summed E-state index contributed by atoms with van der Waals surface area (Å²) in [6.07, 6.45) is 8.56. The number of hydrogen-bond donors (Lipinski definition) is 1. The van der Waals surface area contributed by atoms with Gasteiger partial charge in [-0.2, -0.15) is 0 Å². The van der Waals surface area contributed by atoms with Crippen molar-refractivity contribution in [1.29, 1.82) is 0 Å². The summed E-state index contributed by atoms with van der Waals surface area (Å²) >= 11 is 0. The van der Waals surface area contributed by atoms with Crippen LogP contribution in [0.1, 0.15) is 65.7 Å². The molecule has 2 aliphatic rings. The molecule has 1 saturated heterocycles. The van der Waals surface area contributed by atoms with Crippen molar-refractivity contribution in [2.24, 2.45) is 11.3 Å². The fourth-order valence-corrected chi connectivity index (χ4v) is 3.77. The van der Waals surface area contributed by atoms with Crippen LogP contribution < -0.4 is 0 Å². The third kappa shape index (κ3) is 3.71. The van der Waals surface area contributed by atoms with E-state index in [1.165, 1.54) is 45.2 Å².